The number of aliphatic hydroxyl groups excluding tert-OH is 1. The molecule has 2 heterocycles. The molecule has 4 rings (SSSR count). The molecule has 3 nitrogen and oxygen atoms in total. The number of rotatable bonds is 1. The lowest BCUT2D eigenvalue weighted by Crippen LogP contribution is -2.30. The minimum atomic E-state index is -0.281. The summed E-state index contributed by atoms with van der Waals surface area (Å²) in [6, 6.07) is 6.57. The van der Waals surface area contributed by atoms with Crippen LogP contribution in [0.2, 0.25) is 0 Å². The Hall–Kier alpha value is -1.46. The molecule has 3 atom stereocenters. The van der Waals surface area contributed by atoms with Crippen LogP contribution in [0.5, 0.6) is 0 Å². The van der Waals surface area contributed by atoms with E-state index in [1.807, 2.05) is 11.0 Å². The number of nitrogens with zero attached hydrogens (tertiary/aromatic N) is 1. The molecule has 1 aliphatic heterocycles. The summed E-state index contributed by atoms with van der Waals surface area (Å²) in [6.07, 6.45) is 1.58. The van der Waals surface area contributed by atoms with E-state index in [1.165, 1.54) is 17.4 Å². The van der Waals surface area contributed by atoms with Crippen molar-refractivity contribution < 1.29 is 14.3 Å². The Balaban J connectivity index is 1.61. The summed E-state index contributed by atoms with van der Waals surface area (Å²) in [5.41, 5.74) is 0. The molecule has 1 amide bonds. The van der Waals surface area contributed by atoms with Gasteiger partial charge in [0, 0.05) is 29.1 Å². The lowest BCUT2D eigenvalue weighted by molar-refractivity contribution is 0.0757. The van der Waals surface area contributed by atoms with Gasteiger partial charge in [-0.15, -0.1) is 11.3 Å². The number of fused-ring (bicyclic) bond motifs is 2. The molecule has 2 aliphatic rings. The molecule has 2 aromatic rings. The summed E-state index contributed by atoms with van der Waals surface area (Å²) in [5, 5.41) is 10.5. The number of amides is 1. The molecular weight excluding hydrogens is 289 g/mol. The van der Waals surface area contributed by atoms with Crippen LogP contribution in [0.25, 0.3) is 10.1 Å². The van der Waals surface area contributed by atoms with Gasteiger partial charge in [0.2, 0.25) is 0 Å². The van der Waals surface area contributed by atoms with Crippen molar-refractivity contribution in [1.29, 1.82) is 0 Å². The lowest BCUT2D eigenvalue weighted by Gasteiger charge is -2.17. The van der Waals surface area contributed by atoms with Gasteiger partial charge in [-0.2, -0.15) is 0 Å². The van der Waals surface area contributed by atoms with E-state index in [-0.39, 0.29) is 23.7 Å². The second kappa shape index (κ2) is 4.78. The first-order valence-electron chi connectivity index (χ1n) is 7.29. The Morgan fingerprint density at radius 2 is 2.19 bits per heavy atom. The predicted molar refractivity (Wildman–Crippen MR) is 79.9 cm³/mol. The van der Waals surface area contributed by atoms with E-state index < -0.39 is 0 Å². The lowest BCUT2D eigenvalue weighted by atomic mass is 10.00. The fourth-order valence-electron chi connectivity index (χ4n) is 3.69. The van der Waals surface area contributed by atoms with E-state index in [0.29, 0.717) is 22.7 Å². The van der Waals surface area contributed by atoms with Crippen molar-refractivity contribution in [1.82, 2.24) is 4.90 Å². The first kappa shape index (κ1) is 13.2. The van der Waals surface area contributed by atoms with Crippen LogP contribution in [0, 0.1) is 17.7 Å². The molecule has 2 fully saturated rings. The summed E-state index contributed by atoms with van der Waals surface area (Å²) >= 11 is 1.34. The number of carbonyl (C=O) groups excluding carboxylic acids is 1. The van der Waals surface area contributed by atoms with Crippen LogP contribution in [-0.4, -0.2) is 35.1 Å². The molecule has 110 valence electrons. The number of carbonyl (C=O) groups is 1. The Morgan fingerprint density at radius 3 is 2.95 bits per heavy atom. The smallest absolute Gasteiger partial charge is 0.263 e. The van der Waals surface area contributed by atoms with Gasteiger partial charge in [0.1, 0.15) is 5.82 Å². The molecule has 1 saturated heterocycles. The maximum atomic E-state index is 13.7. The van der Waals surface area contributed by atoms with Crippen molar-refractivity contribution in [3.63, 3.8) is 0 Å². The largest absolute Gasteiger partial charge is 0.393 e. The first-order valence-corrected chi connectivity index (χ1v) is 8.10. The van der Waals surface area contributed by atoms with Crippen molar-refractivity contribution in [3.05, 3.63) is 35.0 Å². The number of halogens is 1. The van der Waals surface area contributed by atoms with Gasteiger partial charge in [-0.25, -0.2) is 4.39 Å². The van der Waals surface area contributed by atoms with Crippen molar-refractivity contribution in [2.24, 2.45) is 11.8 Å². The Labute approximate surface area is 126 Å². The molecule has 1 aromatic heterocycles. The average molecular weight is 305 g/mol. The van der Waals surface area contributed by atoms with Crippen LogP contribution in [0.4, 0.5) is 4.39 Å². The van der Waals surface area contributed by atoms with Crippen LogP contribution in [0.3, 0.4) is 0 Å². The number of hydrogen-bond acceptors (Lipinski definition) is 3. The van der Waals surface area contributed by atoms with Gasteiger partial charge >= 0.3 is 0 Å². The van der Waals surface area contributed by atoms with Crippen molar-refractivity contribution in [2.45, 2.75) is 18.9 Å². The first-order chi connectivity index (χ1) is 10.1. The maximum Gasteiger partial charge on any atom is 0.263 e. The van der Waals surface area contributed by atoms with Gasteiger partial charge in [0.05, 0.1) is 11.0 Å². The highest BCUT2D eigenvalue weighted by molar-refractivity contribution is 7.20. The van der Waals surface area contributed by atoms with Crippen LogP contribution >= 0.6 is 11.3 Å². The van der Waals surface area contributed by atoms with Crippen molar-refractivity contribution >= 4 is 27.3 Å². The normalized spacial score (nSPS) is 28.3. The summed E-state index contributed by atoms with van der Waals surface area (Å²) in [7, 11) is 0. The molecule has 21 heavy (non-hydrogen) atoms. The van der Waals surface area contributed by atoms with Crippen LogP contribution in [-0.2, 0) is 0 Å². The quantitative estimate of drug-likeness (QED) is 0.880. The summed E-state index contributed by atoms with van der Waals surface area (Å²) < 4.78 is 14.5. The highest BCUT2D eigenvalue weighted by Crippen LogP contribution is 2.39. The molecule has 5 heteroatoms. The Morgan fingerprint density at radius 1 is 1.33 bits per heavy atom. The highest BCUT2D eigenvalue weighted by Gasteiger charge is 2.43. The maximum absolute atomic E-state index is 13.7. The topological polar surface area (TPSA) is 40.5 Å². The molecule has 1 aliphatic carbocycles. The minimum Gasteiger partial charge on any atom is -0.393 e. The Bertz CT molecular complexity index is 713. The standard InChI is InChI=1S/C16H16FNO2S/c17-12-2-1-3-14-10(12)6-15(21-14)16(20)18-7-9-4-5-13(19)11(9)8-18/h1-3,6,9,11,13,19H,4-5,7-8H2. The summed E-state index contributed by atoms with van der Waals surface area (Å²) in [4.78, 5) is 15.0. The van der Waals surface area contributed by atoms with Crippen molar-refractivity contribution in [3.8, 4) is 0 Å². The predicted octanol–water partition coefficient (Wildman–Crippen LogP) is 2.88. The molecule has 3 unspecified atom stereocenters. The van der Waals surface area contributed by atoms with Gasteiger partial charge in [-0.1, -0.05) is 6.07 Å². The molecule has 0 radical (unpaired) electrons. The average Bonchev–Trinajstić information content (AvgIpc) is 3.14. The van der Waals surface area contributed by atoms with E-state index >= 15 is 0 Å². The molecule has 1 aromatic carbocycles. The van der Waals surface area contributed by atoms with Crippen LogP contribution in [0.15, 0.2) is 24.3 Å². The number of hydrogen-bond donors (Lipinski definition) is 1. The van der Waals surface area contributed by atoms with Gasteiger partial charge in [0.25, 0.3) is 5.91 Å². The van der Waals surface area contributed by atoms with Gasteiger partial charge in [0.15, 0.2) is 0 Å². The fourth-order valence-corrected chi connectivity index (χ4v) is 4.73. The zero-order valence-electron chi connectivity index (χ0n) is 11.5. The van der Waals surface area contributed by atoms with E-state index in [2.05, 4.69) is 0 Å². The van der Waals surface area contributed by atoms with Crippen LogP contribution in [0.1, 0.15) is 22.5 Å². The number of aliphatic hydroxyl groups is 1. The minimum absolute atomic E-state index is 0.0304. The van der Waals surface area contributed by atoms with Crippen molar-refractivity contribution in [2.75, 3.05) is 13.1 Å². The fraction of sp³-hybridized carbons (Fsp3) is 0.438. The molecule has 0 spiro atoms. The van der Waals surface area contributed by atoms with E-state index in [1.54, 1.807) is 12.1 Å². The third-order valence-corrected chi connectivity index (χ3v) is 5.91. The monoisotopic (exact) mass is 305 g/mol. The zero-order valence-corrected chi connectivity index (χ0v) is 12.3. The third kappa shape index (κ3) is 2.07. The Kier molecular flexibility index (Phi) is 3.01. The van der Waals surface area contributed by atoms with E-state index in [0.717, 1.165) is 24.1 Å². The number of likely N-dealkylation sites (tertiary alicyclic amines) is 1. The van der Waals surface area contributed by atoms with Gasteiger partial charge in [-0.3, -0.25) is 4.79 Å². The second-order valence-electron chi connectivity index (χ2n) is 6.04. The van der Waals surface area contributed by atoms with Gasteiger partial charge in [-0.05, 0) is 37.0 Å². The molecule has 1 N–H and O–H groups in total. The van der Waals surface area contributed by atoms with E-state index in [9.17, 15) is 14.3 Å². The molecule has 0 bridgehead atoms. The third-order valence-electron chi connectivity index (χ3n) is 4.83. The second-order valence-corrected chi connectivity index (χ2v) is 7.12. The van der Waals surface area contributed by atoms with E-state index in [4.69, 9.17) is 0 Å². The molecule has 1 saturated carbocycles. The van der Waals surface area contributed by atoms with Gasteiger partial charge < -0.3 is 10.0 Å². The summed E-state index contributed by atoms with van der Waals surface area (Å²) in [5.74, 6) is 0.337. The molecular formula is C16H16FNO2S. The highest BCUT2D eigenvalue weighted by atomic mass is 32.1. The van der Waals surface area contributed by atoms with Crippen LogP contribution < -0.4 is 0 Å². The number of thiophene rings is 1. The number of benzene rings is 1. The summed E-state index contributed by atoms with van der Waals surface area (Å²) in [6.45, 7) is 1.35. The zero-order chi connectivity index (χ0) is 14.6. The SMILES string of the molecule is O=C(c1cc2c(F)cccc2s1)N1CC2CCC(O)C2C1.